The van der Waals surface area contributed by atoms with Gasteiger partial charge < -0.3 is 10.3 Å². The van der Waals surface area contributed by atoms with Gasteiger partial charge in [-0.2, -0.15) is 0 Å². The first-order valence-corrected chi connectivity index (χ1v) is 8.48. The fraction of sp³-hybridized carbons (Fsp3) is 0.100. The number of aromatic nitrogens is 3. The molecule has 5 heteroatoms. The molecule has 0 amide bonds. The summed E-state index contributed by atoms with van der Waals surface area (Å²) in [5.74, 6) is 1.49. The van der Waals surface area contributed by atoms with Crippen LogP contribution < -0.4 is 5.32 Å². The largest absolute Gasteiger partial charge is 0.365 e. The van der Waals surface area contributed by atoms with Crippen LogP contribution in [0, 0.1) is 6.92 Å². The van der Waals surface area contributed by atoms with Gasteiger partial charge in [0.25, 0.3) is 0 Å². The van der Waals surface area contributed by atoms with Crippen LogP contribution in [-0.4, -0.2) is 15.0 Å². The summed E-state index contributed by atoms with van der Waals surface area (Å²) in [7, 11) is 0. The van der Waals surface area contributed by atoms with Gasteiger partial charge in [-0.1, -0.05) is 60.1 Å². The van der Waals surface area contributed by atoms with Crippen LogP contribution in [0.25, 0.3) is 22.4 Å². The number of hydrogen-bond acceptors (Lipinski definition) is 3. The molecule has 4 aromatic rings. The van der Waals surface area contributed by atoms with Crippen molar-refractivity contribution < 1.29 is 0 Å². The second-order valence-corrected chi connectivity index (χ2v) is 6.33. The molecule has 4 nitrogen and oxygen atoms in total. The molecule has 0 saturated carbocycles. The highest BCUT2D eigenvalue weighted by molar-refractivity contribution is 6.31. The van der Waals surface area contributed by atoms with Crippen molar-refractivity contribution in [1.82, 2.24) is 15.0 Å². The predicted octanol–water partition coefficient (Wildman–Crippen LogP) is 5.20. The Morgan fingerprint density at radius 3 is 2.56 bits per heavy atom. The molecule has 0 bridgehead atoms. The molecule has 124 valence electrons. The first kappa shape index (κ1) is 15.7. The maximum atomic E-state index is 6.26. The van der Waals surface area contributed by atoms with Crippen molar-refractivity contribution >= 4 is 28.5 Å². The van der Waals surface area contributed by atoms with Crippen LogP contribution in [0.5, 0.6) is 0 Å². The molecular formula is C20H17ClN4. The first-order chi connectivity index (χ1) is 12.2. The van der Waals surface area contributed by atoms with E-state index in [0.29, 0.717) is 12.4 Å². The van der Waals surface area contributed by atoms with Gasteiger partial charge in [0.15, 0.2) is 5.82 Å². The molecule has 2 aromatic heterocycles. The van der Waals surface area contributed by atoms with Crippen molar-refractivity contribution in [1.29, 1.82) is 0 Å². The number of fused-ring (bicyclic) bond motifs is 1. The van der Waals surface area contributed by atoms with Crippen LogP contribution in [0.3, 0.4) is 0 Å². The number of H-pyrrole nitrogens is 1. The highest BCUT2D eigenvalue weighted by Crippen LogP contribution is 2.26. The van der Waals surface area contributed by atoms with Gasteiger partial charge >= 0.3 is 0 Å². The molecule has 0 fully saturated rings. The molecule has 0 aliphatic heterocycles. The van der Waals surface area contributed by atoms with E-state index < -0.39 is 0 Å². The molecular weight excluding hydrogens is 332 g/mol. The summed E-state index contributed by atoms with van der Waals surface area (Å²) >= 11 is 6.26. The summed E-state index contributed by atoms with van der Waals surface area (Å²) in [4.78, 5) is 12.7. The van der Waals surface area contributed by atoms with Gasteiger partial charge in [-0.25, -0.2) is 9.97 Å². The molecule has 2 heterocycles. The lowest BCUT2D eigenvalue weighted by atomic mass is 10.2. The van der Waals surface area contributed by atoms with E-state index in [4.69, 9.17) is 16.6 Å². The summed E-state index contributed by atoms with van der Waals surface area (Å²) in [5.41, 5.74) is 3.89. The Morgan fingerprint density at radius 1 is 1.00 bits per heavy atom. The van der Waals surface area contributed by atoms with E-state index in [9.17, 15) is 0 Å². The number of nitrogens with zero attached hydrogens (tertiary/aromatic N) is 2. The average molecular weight is 349 g/mol. The van der Waals surface area contributed by atoms with Crippen molar-refractivity contribution in [2.24, 2.45) is 0 Å². The van der Waals surface area contributed by atoms with Crippen molar-refractivity contribution in [3.8, 4) is 11.4 Å². The predicted molar refractivity (Wildman–Crippen MR) is 103 cm³/mol. The molecule has 0 saturated heterocycles. The molecule has 2 aromatic carbocycles. The average Bonchev–Trinajstić information content (AvgIpc) is 3.02. The third-order valence-electron chi connectivity index (χ3n) is 4.06. The van der Waals surface area contributed by atoms with E-state index in [2.05, 4.69) is 21.4 Å². The van der Waals surface area contributed by atoms with Crippen LogP contribution >= 0.6 is 11.6 Å². The molecule has 0 unspecified atom stereocenters. The fourth-order valence-corrected chi connectivity index (χ4v) is 3.02. The summed E-state index contributed by atoms with van der Waals surface area (Å²) < 4.78 is 0. The normalized spacial score (nSPS) is 11.0. The highest BCUT2D eigenvalue weighted by Gasteiger charge is 2.12. The summed E-state index contributed by atoms with van der Waals surface area (Å²) in [6.45, 7) is 2.62. The minimum atomic E-state index is 0.601. The van der Waals surface area contributed by atoms with E-state index in [1.54, 1.807) is 0 Å². The van der Waals surface area contributed by atoms with Gasteiger partial charge in [0.1, 0.15) is 11.5 Å². The van der Waals surface area contributed by atoms with Crippen LogP contribution in [0.1, 0.15) is 11.3 Å². The lowest BCUT2D eigenvalue weighted by Crippen LogP contribution is -2.04. The zero-order valence-corrected chi connectivity index (χ0v) is 14.5. The maximum absolute atomic E-state index is 6.26. The lowest BCUT2D eigenvalue weighted by molar-refractivity contribution is 1.10. The Balaban J connectivity index is 1.75. The fourth-order valence-electron chi connectivity index (χ4n) is 2.81. The Morgan fingerprint density at radius 2 is 1.76 bits per heavy atom. The number of aromatic amines is 1. The van der Waals surface area contributed by atoms with Crippen molar-refractivity contribution in [3.63, 3.8) is 0 Å². The Labute approximate surface area is 150 Å². The van der Waals surface area contributed by atoms with Gasteiger partial charge in [-0.05, 0) is 24.6 Å². The Hall–Kier alpha value is -2.85. The number of anilines is 1. The van der Waals surface area contributed by atoms with Crippen molar-refractivity contribution in [2.75, 3.05) is 5.32 Å². The van der Waals surface area contributed by atoms with Crippen LogP contribution in [0.15, 0.2) is 60.7 Å². The zero-order valence-electron chi connectivity index (χ0n) is 13.8. The number of rotatable bonds is 4. The van der Waals surface area contributed by atoms with Crippen LogP contribution in [0.2, 0.25) is 5.02 Å². The highest BCUT2D eigenvalue weighted by atomic mass is 35.5. The Kier molecular flexibility index (Phi) is 4.12. The number of hydrogen-bond donors (Lipinski definition) is 2. The lowest BCUT2D eigenvalue weighted by Gasteiger charge is -2.10. The van der Waals surface area contributed by atoms with Gasteiger partial charge in [0, 0.05) is 22.8 Å². The molecule has 2 N–H and O–H groups in total. The number of aryl methyl sites for hydroxylation is 1. The van der Waals surface area contributed by atoms with Gasteiger partial charge in [0.05, 0.1) is 5.39 Å². The summed E-state index contributed by atoms with van der Waals surface area (Å²) in [6.07, 6.45) is 0. The molecule has 4 rings (SSSR count). The number of halogens is 1. The van der Waals surface area contributed by atoms with Gasteiger partial charge in [-0.15, -0.1) is 0 Å². The van der Waals surface area contributed by atoms with E-state index in [1.165, 1.54) is 0 Å². The SMILES string of the molecule is Cc1cc2c(NCc3ccccc3Cl)nc(-c3ccccc3)nc2[nH]1. The standard InChI is InChI=1S/C20H17ClN4/c1-13-11-16-19(22-12-15-9-5-6-10-17(15)21)24-18(25-20(16)23-13)14-7-3-2-4-8-14/h2-11H,12H2,1H3,(H2,22,23,24,25). The second-order valence-electron chi connectivity index (χ2n) is 5.92. The third kappa shape index (κ3) is 3.21. The molecule has 0 aliphatic carbocycles. The van der Waals surface area contributed by atoms with Crippen LogP contribution in [0.4, 0.5) is 5.82 Å². The number of benzene rings is 2. The van der Waals surface area contributed by atoms with Crippen molar-refractivity contribution in [3.05, 3.63) is 76.9 Å². The third-order valence-corrected chi connectivity index (χ3v) is 4.43. The Bertz CT molecular complexity index is 1020. The van der Waals surface area contributed by atoms with Gasteiger partial charge in [-0.3, -0.25) is 0 Å². The molecule has 0 spiro atoms. The smallest absolute Gasteiger partial charge is 0.163 e. The van der Waals surface area contributed by atoms with E-state index in [1.807, 2.05) is 61.5 Å². The minimum absolute atomic E-state index is 0.601. The number of nitrogens with one attached hydrogen (secondary N) is 2. The summed E-state index contributed by atoms with van der Waals surface area (Å²) in [6, 6.07) is 19.8. The van der Waals surface area contributed by atoms with E-state index >= 15 is 0 Å². The summed E-state index contributed by atoms with van der Waals surface area (Å²) in [5, 5.41) is 5.13. The first-order valence-electron chi connectivity index (χ1n) is 8.11. The van der Waals surface area contributed by atoms with E-state index in [-0.39, 0.29) is 0 Å². The molecule has 0 atom stereocenters. The van der Waals surface area contributed by atoms with Crippen LogP contribution in [-0.2, 0) is 6.54 Å². The maximum Gasteiger partial charge on any atom is 0.163 e. The van der Waals surface area contributed by atoms with E-state index in [0.717, 1.165) is 38.7 Å². The molecule has 25 heavy (non-hydrogen) atoms. The second kappa shape index (κ2) is 6.57. The molecule has 0 radical (unpaired) electrons. The minimum Gasteiger partial charge on any atom is -0.365 e. The van der Waals surface area contributed by atoms with Gasteiger partial charge in [0.2, 0.25) is 0 Å². The van der Waals surface area contributed by atoms with Crippen molar-refractivity contribution in [2.45, 2.75) is 13.5 Å². The monoisotopic (exact) mass is 348 g/mol. The zero-order chi connectivity index (χ0) is 17.2. The molecule has 0 aliphatic rings. The quantitative estimate of drug-likeness (QED) is 0.533. The topological polar surface area (TPSA) is 53.6 Å².